The molecule has 0 aliphatic rings. The minimum Gasteiger partial charge on any atom is -0.396 e. The van der Waals surface area contributed by atoms with Crippen molar-refractivity contribution in [2.45, 2.75) is 32.4 Å². The molecule has 0 saturated heterocycles. The first-order valence-corrected chi connectivity index (χ1v) is 5.88. The van der Waals surface area contributed by atoms with Crippen molar-refractivity contribution in [1.29, 1.82) is 0 Å². The van der Waals surface area contributed by atoms with E-state index in [9.17, 15) is 0 Å². The summed E-state index contributed by atoms with van der Waals surface area (Å²) in [5.74, 6) is 0. The van der Waals surface area contributed by atoms with Gasteiger partial charge in [-0.1, -0.05) is 0 Å². The summed E-state index contributed by atoms with van der Waals surface area (Å²) in [6, 6.07) is 0.166. The number of aryl methyl sites for hydroxylation is 1. The molecule has 0 saturated carbocycles. The minimum absolute atomic E-state index is 0.166. The number of hydrogen-bond donors (Lipinski definition) is 3. The van der Waals surface area contributed by atoms with Crippen molar-refractivity contribution >= 4 is 0 Å². The van der Waals surface area contributed by atoms with Crippen LogP contribution in [0.15, 0.2) is 12.4 Å². The molecular formula is C11H22N4O. The number of aliphatic hydroxyl groups is 1. The molecule has 0 fully saturated rings. The van der Waals surface area contributed by atoms with Crippen LogP contribution in [-0.2, 0) is 6.54 Å². The van der Waals surface area contributed by atoms with E-state index in [1.54, 1.807) is 0 Å². The molecule has 0 bridgehead atoms. The van der Waals surface area contributed by atoms with Gasteiger partial charge < -0.3 is 16.2 Å². The summed E-state index contributed by atoms with van der Waals surface area (Å²) in [6.07, 6.45) is 5.68. The molecule has 1 heterocycles. The van der Waals surface area contributed by atoms with Crippen molar-refractivity contribution in [3.63, 3.8) is 0 Å². The zero-order valence-corrected chi connectivity index (χ0v) is 9.89. The number of nitrogens with one attached hydrogen (secondary N) is 1. The van der Waals surface area contributed by atoms with E-state index in [1.165, 1.54) is 0 Å². The van der Waals surface area contributed by atoms with E-state index in [2.05, 4.69) is 17.3 Å². The number of rotatable bonds is 8. The fraction of sp³-hybridized carbons (Fsp3) is 0.727. The Morgan fingerprint density at radius 1 is 1.56 bits per heavy atom. The van der Waals surface area contributed by atoms with Crippen LogP contribution in [0, 0.1) is 0 Å². The predicted octanol–water partition coefficient (Wildman–Crippen LogP) is 0.265. The molecule has 1 aromatic rings. The summed E-state index contributed by atoms with van der Waals surface area (Å²) in [7, 11) is 0. The summed E-state index contributed by atoms with van der Waals surface area (Å²) in [5.41, 5.74) is 6.85. The van der Waals surface area contributed by atoms with Crippen LogP contribution < -0.4 is 11.1 Å². The van der Waals surface area contributed by atoms with Crippen LogP contribution >= 0.6 is 0 Å². The summed E-state index contributed by atoms with van der Waals surface area (Å²) in [4.78, 5) is 0. The van der Waals surface area contributed by atoms with Crippen LogP contribution in [0.4, 0.5) is 0 Å². The van der Waals surface area contributed by atoms with Gasteiger partial charge in [0.1, 0.15) is 0 Å². The number of nitrogens with zero attached hydrogens (tertiary/aromatic N) is 2. The molecule has 1 aromatic heterocycles. The molecule has 4 N–H and O–H groups in total. The molecule has 0 radical (unpaired) electrons. The van der Waals surface area contributed by atoms with Crippen LogP contribution in [-0.4, -0.2) is 34.6 Å². The second-order valence-corrected chi connectivity index (χ2v) is 3.80. The van der Waals surface area contributed by atoms with Crippen LogP contribution in [0.25, 0.3) is 0 Å². The average molecular weight is 226 g/mol. The summed E-state index contributed by atoms with van der Waals surface area (Å²) in [5, 5.41) is 16.3. The number of aliphatic hydroxyl groups excluding tert-OH is 1. The van der Waals surface area contributed by atoms with Gasteiger partial charge >= 0.3 is 0 Å². The van der Waals surface area contributed by atoms with Crippen molar-refractivity contribution in [3.05, 3.63) is 18.0 Å². The highest BCUT2D eigenvalue weighted by Crippen LogP contribution is 2.10. The third-order valence-electron chi connectivity index (χ3n) is 2.59. The monoisotopic (exact) mass is 226 g/mol. The van der Waals surface area contributed by atoms with E-state index < -0.39 is 0 Å². The Hall–Kier alpha value is -0.910. The third kappa shape index (κ3) is 3.92. The fourth-order valence-corrected chi connectivity index (χ4v) is 1.58. The van der Waals surface area contributed by atoms with Crippen molar-refractivity contribution in [3.8, 4) is 0 Å². The van der Waals surface area contributed by atoms with Gasteiger partial charge in [-0.3, -0.25) is 4.68 Å². The molecule has 0 aliphatic heterocycles. The molecule has 5 heteroatoms. The maximum absolute atomic E-state index is 8.68. The van der Waals surface area contributed by atoms with Gasteiger partial charge in [0.2, 0.25) is 0 Å². The second-order valence-electron chi connectivity index (χ2n) is 3.80. The molecule has 5 nitrogen and oxygen atoms in total. The molecular weight excluding hydrogens is 204 g/mol. The smallest absolute Gasteiger partial charge is 0.0538 e. The van der Waals surface area contributed by atoms with Gasteiger partial charge in [-0.25, -0.2) is 0 Å². The Balaban J connectivity index is 2.40. The van der Waals surface area contributed by atoms with Crippen LogP contribution in [0.3, 0.4) is 0 Å². The summed E-state index contributed by atoms with van der Waals surface area (Å²) >= 11 is 0. The van der Waals surface area contributed by atoms with Gasteiger partial charge in [-0.15, -0.1) is 0 Å². The van der Waals surface area contributed by atoms with Gasteiger partial charge in [-0.05, 0) is 26.3 Å². The molecule has 1 atom stereocenters. The summed E-state index contributed by atoms with van der Waals surface area (Å²) < 4.78 is 1.90. The molecule has 0 aromatic carbocycles. The lowest BCUT2D eigenvalue weighted by Gasteiger charge is -2.14. The first kappa shape index (κ1) is 13.2. The highest BCUT2D eigenvalue weighted by Gasteiger charge is 2.10. The van der Waals surface area contributed by atoms with Crippen molar-refractivity contribution in [1.82, 2.24) is 15.1 Å². The predicted molar refractivity (Wildman–Crippen MR) is 64.0 cm³/mol. The molecule has 92 valence electrons. The van der Waals surface area contributed by atoms with Crippen LogP contribution in [0.5, 0.6) is 0 Å². The molecule has 1 unspecified atom stereocenters. The number of unbranched alkanes of at least 4 members (excludes halogenated alkanes) is 1. The van der Waals surface area contributed by atoms with E-state index in [0.29, 0.717) is 6.54 Å². The molecule has 16 heavy (non-hydrogen) atoms. The van der Waals surface area contributed by atoms with Crippen molar-refractivity contribution in [2.75, 3.05) is 19.7 Å². The van der Waals surface area contributed by atoms with Gasteiger partial charge in [0.05, 0.1) is 6.20 Å². The Kier molecular flexibility index (Phi) is 6.07. The second kappa shape index (κ2) is 7.38. The quantitative estimate of drug-likeness (QED) is 0.556. The third-order valence-corrected chi connectivity index (χ3v) is 2.59. The lowest BCUT2D eigenvalue weighted by molar-refractivity contribution is 0.282. The normalized spacial score (nSPS) is 12.9. The number of nitrogens with two attached hydrogens (primary N) is 1. The molecule has 0 amide bonds. The molecule has 0 aliphatic carbocycles. The topological polar surface area (TPSA) is 76.1 Å². The van der Waals surface area contributed by atoms with Crippen LogP contribution in [0.2, 0.25) is 0 Å². The highest BCUT2D eigenvalue weighted by molar-refractivity contribution is 5.10. The highest BCUT2D eigenvalue weighted by atomic mass is 16.2. The van der Waals surface area contributed by atoms with Gasteiger partial charge in [-0.2, -0.15) is 5.10 Å². The van der Waals surface area contributed by atoms with Crippen molar-refractivity contribution < 1.29 is 5.11 Å². The Labute approximate surface area is 96.6 Å². The SMILES string of the molecule is CCn1cc(C(CN)NCCCCO)cn1. The van der Waals surface area contributed by atoms with E-state index >= 15 is 0 Å². The van der Waals surface area contributed by atoms with E-state index in [4.69, 9.17) is 10.8 Å². The van der Waals surface area contributed by atoms with Gasteiger partial charge in [0, 0.05) is 37.5 Å². The minimum atomic E-state index is 0.166. The van der Waals surface area contributed by atoms with E-state index in [0.717, 1.165) is 31.5 Å². The number of aromatic nitrogens is 2. The Bertz CT molecular complexity index is 287. The van der Waals surface area contributed by atoms with Crippen molar-refractivity contribution in [2.24, 2.45) is 5.73 Å². The number of hydrogen-bond acceptors (Lipinski definition) is 4. The Morgan fingerprint density at radius 3 is 2.94 bits per heavy atom. The zero-order valence-electron chi connectivity index (χ0n) is 9.89. The zero-order chi connectivity index (χ0) is 11.8. The van der Waals surface area contributed by atoms with Gasteiger partial charge in [0.15, 0.2) is 0 Å². The largest absolute Gasteiger partial charge is 0.396 e. The first-order valence-electron chi connectivity index (χ1n) is 5.88. The van der Waals surface area contributed by atoms with Crippen LogP contribution in [0.1, 0.15) is 31.4 Å². The molecule has 0 spiro atoms. The maximum atomic E-state index is 8.68. The fourth-order valence-electron chi connectivity index (χ4n) is 1.58. The van der Waals surface area contributed by atoms with E-state index in [1.807, 2.05) is 17.1 Å². The lowest BCUT2D eigenvalue weighted by Crippen LogP contribution is -2.28. The van der Waals surface area contributed by atoms with E-state index in [-0.39, 0.29) is 12.6 Å². The molecule has 1 rings (SSSR count). The lowest BCUT2D eigenvalue weighted by atomic mass is 10.1. The standard InChI is InChI=1S/C11H22N4O/c1-2-15-9-10(8-14-15)11(7-12)13-5-3-4-6-16/h8-9,11,13,16H,2-7,12H2,1H3. The summed E-state index contributed by atoms with van der Waals surface area (Å²) in [6.45, 7) is 4.63. The first-order chi connectivity index (χ1) is 7.81. The Morgan fingerprint density at radius 2 is 2.38 bits per heavy atom. The average Bonchev–Trinajstić information content (AvgIpc) is 2.78. The maximum Gasteiger partial charge on any atom is 0.0538 e. The van der Waals surface area contributed by atoms with Gasteiger partial charge in [0.25, 0.3) is 0 Å².